The first-order chi connectivity index (χ1) is 8.33. The van der Waals surface area contributed by atoms with Crippen molar-refractivity contribution in [3.8, 4) is 0 Å². The minimum Gasteiger partial charge on any atom is -0.397 e. The number of benzene rings is 1. The van der Waals surface area contributed by atoms with Crippen LogP contribution in [0.5, 0.6) is 0 Å². The minimum absolute atomic E-state index is 0.226. The molecule has 0 amide bonds. The van der Waals surface area contributed by atoms with E-state index in [1.54, 1.807) is 12.1 Å². The molecular weight excluding hydrogens is 250 g/mol. The third-order valence-corrected chi connectivity index (χ3v) is 4.62. The first-order valence-electron chi connectivity index (χ1n) is 5.89. The predicted molar refractivity (Wildman–Crippen MR) is 75.3 cm³/mol. The largest absolute Gasteiger partial charge is 0.397 e. The Morgan fingerprint density at radius 1 is 1.44 bits per heavy atom. The van der Waals surface area contributed by atoms with E-state index in [1.165, 1.54) is 13.1 Å². The van der Waals surface area contributed by atoms with Crippen molar-refractivity contribution in [3.63, 3.8) is 0 Å². The molecule has 1 aromatic carbocycles. The van der Waals surface area contributed by atoms with Crippen LogP contribution in [0.3, 0.4) is 0 Å². The van der Waals surface area contributed by atoms with Crippen LogP contribution < -0.4 is 15.4 Å². The summed E-state index contributed by atoms with van der Waals surface area (Å²) in [5, 5.41) is 0. The fourth-order valence-electron chi connectivity index (χ4n) is 1.63. The molecule has 0 fully saturated rings. The van der Waals surface area contributed by atoms with E-state index in [2.05, 4.69) is 18.6 Å². The van der Waals surface area contributed by atoms with Gasteiger partial charge in [-0.2, -0.15) is 0 Å². The van der Waals surface area contributed by atoms with Crippen LogP contribution >= 0.6 is 0 Å². The molecule has 5 nitrogen and oxygen atoms in total. The molecule has 0 aliphatic carbocycles. The van der Waals surface area contributed by atoms with E-state index in [-0.39, 0.29) is 4.90 Å². The Labute approximate surface area is 109 Å². The molecular formula is C12H21N3O2S. The molecule has 18 heavy (non-hydrogen) atoms. The maximum atomic E-state index is 11.8. The average Bonchev–Trinajstić information content (AvgIpc) is 2.37. The van der Waals surface area contributed by atoms with Crippen LogP contribution in [-0.4, -0.2) is 28.6 Å². The zero-order chi connectivity index (χ0) is 13.9. The highest BCUT2D eigenvalue weighted by atomic mass is 32.2. The normalized spacial score (nSPS) is 13.3. The Bertz CT molecular complexity index is 514. The van der Waals surface area contributed by atoms with Crippen molar-refractivity contribution in [1.82, 2.24) is 4.72 Å². The number of rotatable bonds is 5. The fraction of sp³-hybridized carbons (Fsp3) is 0.500. The summed E-state index contributed by atoms with van der Waals surface area (Å²) in [6, 6.07) is 5.03. The highest BCUT2D eigenvalue weighted by Crippen LogP contribution is 2.27. The van der Waals surface area contributed by atoms with Gasteiger partial charge in [0.05, 0.1) is 16.3 Å². The van der Waals surface area contributed by atoms with Gasteiger partial charge in [0.25, 0.3) is 0 Å². The highest BCUT2D eigenvalue weighted by molar-refractivity contribution is 7.89. The number of anilines is 2. The molecule has 6 heteroatoms. The maximum absolute atomic E-state index is 11.8. The molecule has 102 valence electrons. The summed E-state index contributed by atoms with van der Waals surface area (Å²) in [5.41, 5.74) is 7.22. The molecule has 0 radical (unpaired) electrons. The summed E-state index contributed by atoms with van der Waals surface area (Å²) in [6.07, 6.45) is 0.957. The lowest BCUT2D eigenvalue weighted by molar-refractivity contribution is 0.588. The molecule has 0 saturated heterocycles. The lowest BCUT2D eigenvalue weighted by Gasteiger charge is -2.27. The number of nitrogens with zero attached hydrogens (tertiary/aromatic N) is 1. The van der Waals surface area contributed by atoms with E-state index in [4.69, 9.17) is 5.73 Å². The summed E-state index contributed by atoms with van der Waals surface area (Å²) in [4.78, 5) is 2.22. The van der Waals surface area contributed by atoms with Crippen LogP contribution in [0.4, 0.5) is 11.4 Å². The van der Waals surface area contributed by atoms with Crippen molar-refractivity contribution in [2.75, 3.05) is 24.7 Å². The molecule has 0 bridgehead atoms. The molecule has 1 aromatic rings. The van der Waals surface area contributed by atoms with Crippen LogP contribution in [0.2, 0.25) is 0 Å². The molecule has 0 aliphatic rings. The molecule has 0 spiro atoms. The molecule has 3 N–H and O–H groups in total. The summed E-state index contributed by atoms with van der Waals surface area (Å²) < 4.78 is 25.8. The number of hydrogen-bond acceptors (Lipinski definition) is 4. The summed E-state index contributed by atoms with van der Waals surface area (Å²) in [6.45, 7) is 4.14. The molecule has 0 saturated carbocycles. The van der Waals surface area contributed by atoms with Crippen LogP contribution in [0, 0.1) is 0 Å². The van der Waals surface area contributed by atoms with Crippen molar-refractivity contribution in [2.24, 2.45) is 0 Å². The van der Waals surface area contributed by atoms with E-state index >= 15 is 0 Å². The molecule has 0 heterocycles. The van der Waals surface area contributed by atoms with Crippen molar-refractivity contribution < 1.29 is 8.42 Å². The average molecular weight is 271 g/mol. The van der Waals surface area contributed by atoms with E-state index in [0.29, 0.717) is 11.7 Å². The second kappa shape index (κ2) is 5.58. The summed E-state index contributed by atoms with van der Waals surface area (Å²) in [7, 11) is -0.131. The molecule has 0 aromatic heterocycles. The van der Waals surface area contributed by atoms with Gasteiger partial charge < -0.3 is 10.6 Å². The monoisotopic (exact) mass is 271 g/mol. The number of nitrogens with one attached hydrogen (secondary N) is 1. The number of nitrogen functional groups attached to an aromatic ring is 1. The van der Waals surface area contributed by atoms with Gasteiger partial charge in [-0.15, -0.1) is 0 Å². The maximum Gasteiger partial charge on any atom is 0.240 e. The van der Waals surface area contributed by atoms with Gasteiger partial charge in [-0.3, -0.25) is 0 Å². The lowest BCUT2D eigenvalue weighted by atomic mass is 10.2. The van der Waals surface area contributed by atoms with Crippen LogP contribution in [0.25, 0.3) is 0 Å². The second-order valence-electron chi connectivity index (χ2n) is 4.30. The van der Waals surface area contributed by atoms with E-state index < -0.39 is 10.0 Å². The smallest absolute Gasteiger partial charge is 0.240 e. The van der Waals surface area contributed by atoms with Crippen molar-refractivity contribution in [1.29, 1.82) is 0 Å². The lowest BCUT2D eigenvalue weighted by Crippen LogP contribution is -2.29. The van der Waals surface area contributed by atoms with Crippen molar-refractivity contribution in [2.45, 2.75) is 31.2 Å². The van der Waals surface area contributed by atoms with Gasteiger partial charge in [0.2, 0.25) is 10.0 Å². The van der Waals surface area contributed by atoms with Gasteiger partial charge in [0.1, 0.15) is 0 Å². The first-order valence-corrected chi connectivity index (χ1v) is 7.37. The van der Waals surface area contributed by atoms with Crippen molar-refractivity contribution >= 4 is 21.4 Å². The van der Waals surface area contributed by atoms with Gasteiger partial charge in [-0.05, 0) is 38.6 Å². The number of hydrogen-bond donors (Lipinski definition) is 2. The van der Waals surface area contributed by atoms with E-state index in [1.807, 2.05) is 11.9 Å². The zero-order valence-electron chi connectivity index (χ0n) is 11.3. The Balaban J connectivity index is 3.25. The minimum atomic E-state index is -3.44. The van der Waals surface area contributed by atoms with Gasteiger partial charge >= 0.3 is 0 Å². The Morgan fingerprint density at radius 3 is 2.56 bits per heavy atom. The van der Waals surface area contributed by atoms with Crippen LogP contribution in [-0.2, 0) is 10.0 Å². The topological polar surface area (TPSA) is 75.4 Å². The van der Waals surface area contributed by atoms with Crippen LogP contribution in [0.15, 0.2) is 23.1 Å². The fourth-order valence-corrected chi connectivity index (χ4v) is 2.37. The zero-order valence-corrected chi connectivity index (χ0v) is 12.1. The van der Waals surface area contributed by atoms with E-state index in [0.717, 1.165) is 12.1 Å². The number of sulfonamides is 1. The predicted octanol–water partition coefficient (Wildman–Crippen LogP) is 1.41. The SMILES string of the molecule is CCC(C)N(C)c1cc(S(=O)(=O)NC)ccc1N. The van der Waals surface area contributed by atoms with Gasteiger partial charge in [0.15, 0.2) is 0 Å². The molecule has 1 atom stereocenters. The van der Waals surface area contributed by atoms with Gasteiger partial charge in [-0.25, -0.2) is 13.1 Å². The summed E-state index contributed by atoms with van der Waals surface area (Å²) in [5.74, 6) is 0. The first kappa shape index (κ1) is 14.8. The standard InChI is InChI=1S/C12H21N3O2S/c1-5-9(2)15(4)12-8-10(6-7-11(12)13)18(16,17)14-3/h6-9,14H,5,13H2,1-4H3. The van der Waals surface area contributed by atoms with Gasteiger partial charge in [0, 0.05) is 13.1 Å². The van der Waals surface area contributed by atoms with Crippen molar-refractivity contribution in [3.05, 3.63) is 18.2 Å². The van der Waals surface area contributed by atoms with Gasteiger partial charge in [-0.1, -0.05) is 6.92 Å². The molecule has 1 unspecified atom stereocenters. The number of nitrogens with two attached hydrogens (primary N) is 1. The Hall–Kier alpha value is -1.27. The van der Waals surface area contributed by atoms with E-state index in [9.17, 15) is 8.42 Å². The highest BCUT2D eigenvalue weighted by Gasteiger charge is 2.16. The second-order valence-corrected chi connectivity index (χ2v) is 6.18. The Morgan fingerprint density at radius 2 is 2.06 bits per heavy atom. The quantitative estimate of drug-likeness (QED) is 0.794. The molecule has 0 aliphatic heterocycles. The molecule has 1 rings (SSSR count). The summed E-state index contributed by atoms with van der Waals surface area (Å²) >= 11 is 0. The Kier molecular flexibility index (Phi) is 4.59. The van der Waals surface area contributed by atoms with Crippen LogP contribution in [0.1, 0.15) is 20.3 Å². The third kappa shape index (κ3) is 2.94. The third-order valence-electron chi connectivity index (χ3n) is 3.21.